The summed E-state index contributed by atoms with van der Waals surface area (Å²) < 4.78 is 11.3. The molecular weight excluding hydrogens is 417 g/mol. The van der Waals surface area contributed by atoms with Crippen molar-refractivity contribution in [2.24, 2.45) is 4.99 Å². The minimum atomic E-state index is 0. The Balaban J connectivity index is 0.00000288. The Bertz CT molecular complexity index is 503. The largest absolute Gasteiger partial charge is 0.381 e. The average molecular weight is 447 g/mol. The summed E-state index contributed by atoms with van der Waals surface area (Å²) >= 11 is 0. The zero-order valence-electron chi connectivity index (χ0n) is 14.9. The van der Waals surface area contributed by atoms with Crippen LogP contribution in [0.5, 0.6) is 0 Å². The number of ether oxygens (including phenoxy) is 2. The van der Waals surface area contributed by atoms with Gasteiger partial charge in [-0.25, -0.2) is 0 Å². The standard InChI is InChI=1S/C18H29N3O2.HI/c1-14(2)21-18(19-3)20-12-15-5-4-6-16(11-15)13-23-17-7-9-22-10-8-17;/h4-6,11,14,17H,7-10,12-13H2,1-3H3,(H2,19,20,21);1H. The van der Waals surface area contributed by atoms with Gasteiger partial charge in [0.25, 0.3) is 0 Å². The number of guanidine groups is 1. The minimum absolute atomic E-state index is 0. The molecule has 0 atom stereocenters. The summed E-state index contributed by atoms with van der Waals surface area (Å²) in [7, 11) is 1.79. The van der Waals surface area contributed by atoms with Gasteiger partial charge >= 0.3 is 0 Å². The van der Waals surface area contributed by atoms with E-state index in [0.29, 0.717) is 18.8 Å². The number of hydrogen-bond donors (Lipinski definition) is 2. The first-order valence-corrected chi connectivity index (χ1v) is 8.41. The quantitative estimate of drug-likeness (QED) is 0.400. The summed E-state index contributed by atoms with van der Waals surface area (Å²) in [4.78, 5) is 4.22. The second kappa shape index (κ2) is 11.7. The van der Waals surface area contributed by atoms with Gasteiger partial charge in [0.05, 0.1) is 12.7 Å². The summed E-state index contributed by atoms with van der Waals surface area (Å²) in [6, 6.07) is 8.87. The fraction of sp³-hybridized carbons (Fsp3) is 0.611. The fourth-order valence-corrected chi connectivity index (χ4v) is 2.54. The molecule has 1 fully saturated rings. The van der Waals surface area contributed by atoms with E-state index in [4.69, 9.17) is 9.47 Å². The van der Waals surface area contributed by atoms with E-state index >= 15 is 0 Å². The Morgan fingerprint density at radius 2 is 2.00 bits per heavy atom. The van der Waals surface area contributed by atoms with Gasteiger partial charge in [0.2, 0.25) is 0 Å². The van der Waals surface area contributed by atoms with Crippen LogP contribution in [0.15, 0.2) is 29.3 Å². The van der Waals surface area contributed by atoms with E-state index in [1.165, 1.54) is 11.1 Å². The van der Waals surface area contributed by atoms with Crippen LogP contribution in [0.3, 0.4) is 0 Å². The van der Waals surface area contributed by atoms with Gasteiger partial charge in [0.1, 0.15) is 0 Å². The van der Waals surface area contributed by atoms with Gasteiger partial charge in [0.15, 0.2) is 5.96 Å². The summed E-state index contributed by atoms with van der Waals surface area (Å²) in [5.41, 5.74) is 2.44. The van der Waals surface area contributed by atoms with Gasteiger partial charge in [-0.15, -0.1) is 24.0 Å². The van der Waals surface area contributed by atoms with Crippen LogP contribution in [-0.2, 0) is 22.6 Å². The molecule has 0 amide bonds. The normalized spacial score (nSPS) is 15.9. The SMILES string of the molecule is CN=C(NCc1cccc(COC2CCOCC2)c1)NC(C)C.I. The van der Waals surface area contributed by atoms with Crippen molar-refractivity contribution in [3.63, 3.8) is 0 Å². The lowest BCUT2D eigenvalue weighted by atomic mass is 10.1. The lowest BCUT2D eigenvalue weighted by molar-refractivity contribution is -0.0390. The minimum Gasteiger partial charge on any atom is -0.381 e. The molecule has 0 aromatic heterocycles. The van der Waals surface area contributed by atoms with Crippen molar-refractivity contribution in [3.8, 4) is 0 Å². The second-order valence-electron chi connectivity index (χ2n) is 6.17. The lowest BCUT2D eigenvalue weighted by Gasteiger charge is -2.22. The molecule has 0 spiro atoms. The maximum absolute atomic E-state index is 5.99. The van der Waals surface area contributed by atoms with E-state index in [2.05, 4.69) is 53.7 Å². The van der Waals surface area contributed by atoms with E-state index in [1.807, 2.05) is 0 Å². The molecule has 1 aliphatic rings. The smallest absolute Gasteiger partial charge is 0.191 e. The number of nitrogens with one attached hydrogen (secondary N) is 2. The van der Waals surface area contributed by atoms with Crippen molar-refractivity contribution in [2.75, 3.05) is 20.3 Å². The van der Waals surface area contributed by atoms with Crippen LogP contribution in [0, 0.1) is 0 Å². The molecule has 24 heavy (non-hydrogen) atoms. The molecule has 2 N–H and O–H groups in total. The van der Waals surface area contributed by atoms with E-state index < -0.39 is 0 Å². The van der Waals surface area contributed by atoms with Gasteiger partial charge in [-0.3, -0.25) is 4.99 Å². The van der Waals surface area contributed by atoms with Crippen LogP contribution in [-0.4, -0.2) is 38.4 Å². The molecule has 0 radical (unpaired) electrons. The summed E-state index contributed by atoms with van der Waals surface area (Å²) in [6.07, 6.45) is 2.33. The van der Waals surface area contributed by atoms with Crippen LogP contribution in [0.4, 0.5) is 0 Å². The molecule has 5 nitrogen and oxygen atoms in total. The van der Waals surface area contributed by atoms with E-state index in [9.17, 15) is 0 Å². The van der Waals surface area contributed by atoms with Gasteiger partial charge in [-0.2, -0.15) is 0 Å². The molecule has 0 bridgehead atoms. The topological polar surface area (TPSA) is 54.9 Å². The monoisotopic (exact) mass is 447 g/mol. The molecule has 6 heteroatoms. The van der Waals surface area contributed by atoms with E-state index in [0.717, 1.165) is 38.6 Å². The summed E-state index contributed by atoms with van der Waals surface area (Å²) in [6.45, 7) is 7.24. The van der Waals surface area contributed by atoms with Gasteiger partial charge in [-0.1, -0.05) is 24.3 Å². The van der Waals surface area contributed by atoms with Crippen LogP contribution in [0.2, 0.25) is 0 Å². The number of rotatable bonds is 6. The first-order valence-electron chi connectivity index (χ1n) is 8.41. The van der Waals surface area contributed by atoms with Crippen molar-refractivity contribution < 1.29 is 9.47 Å². The highest BCUT2D eigenvalue weighted by Gasteiger charge is 2.14. The Labute approximate surface area is 162 Å². The van der Waals surface area contributed by atoms with Crippen molar-refractivity contribution in [1.82, 2.24) is 10.6 Å². The molecule has 0 aliphatic carbocycles. The molecule has 1 heterocycles. The zero-order valence-corrected chi connectivity index (χ0v) is 17.2. The molecule has 1 aromatic carbocycles. The van der Waals surface area contributed by atoms with Crippen molar-refractivity contribution in [2.45, 2.75) is 52.0 Å². The average Bonchev–Trinajstić information content (AvgIpc) is 2.58. The van der Waals surface area contributed by atoms with Crippen LogP contribution in [0.1, 0.15) is 37.8 Å². The molecule has 1 saturated heterocycles. The third kappa shape index (κ3) is 7.81. The summed E-state index contributed by atoms with van der Waals surface area (Å²) in [5, 5.41) is 6.62. The maximum atomic E-state index is 5.99. The van der Waals surface area contributed by atoms with E-state index in [-0.39, 0.29) is 24.0 Å². The van der Waals surface area contributed by atoms with Gasteiger partial charge in [-0.05, 0) is 37.8 Å². The Kier molecular flexibility index (Phi) is 10.3. The molecular formula is C18H30IN3O2. The highest BCUT2D eigenvalue weighted by atomic mass is 127. The zero-order chi connectivity index (χ0) is 16.5. The molecule has 1 aliphatic heterocycles. The van der Waals surface area contributed by atoms with Crippen molar-refractivity contribution >= 4 is 29.9 Å². The highest BCUT2D eigenvalue weighted by Crippen LogP contribution is 2.14. The van der Waals surface area contributed by atoms with Crippen LogP contribution < -0.4 is 10.6 Å². The third-order valence-electron chi connectivity index (χ3n) is 3.75. The molecule has 136 valence electrons. The first kappa shape index (κ1) is 21.2. The third-order valence-corrected chi connectivity index (χ3v) is 3.75. The number of hydrogen-bond acceptors (Lipinski definition) is 3. The maximum Gasteiger partial charge on any atom is 0.191 e. The van der Waals surface area contributed by atoms with Crippen molar-refractivity contribution in [3.05, 3.63) is 35.4 Å². The van der Waals surface area contributed by atoms with E-state index in [1.54, 1.807) is 7.05 Å². The highest BCUT2D eigenvalue weighted by molar-refractivity contribution is 14.0. The Morgan fingerprint density at radius 1 is 1.29 bits per heavy atom. The molecule has 1 aromatic rings. The predicted molar refractivity (Wildman–Crippen MR) is 109 cm³/mol. The van der Waals surface area contributed by atoms with Gasteiger partial charge in [0, 0.05) is 32.8 Å². The number of halogens is 1. The number of nitrogens with zero attached hydrogens (tertiary/aromatic N) is 1. The lowest BCUT2D eigenvalue weighted by Crippen LogP contribution is -2.40. The molecule has 2 rings (SSSR count). The summed E-state index contributed by atoms with van der Waals surface area (Å²) in [5.74, 6) is 0.823. The molecule has 0 unspecified atom stereocenters. The van der Waals surface area contributed by atoms with Crippen LogP contribution >= 0.6 is 24.0 Å². The molecule has 0 saturated carbocycles. The number of aliphatic imine (C=N–C) groups is 1. The Hall–Kier alpha value is -0.860. The Morgan fingerprint density at radius 3 is 2.67 bits per heavy atom. The first-order chi connectivity index (χ1) is 11.2. The predicted octanol–water partition coefficient (Wildman–Crippen LogP) is 3.07. The van der Waals surface area contributed by atoms with Crippen molar-refractivity contribution in [1.29, 1.82) is 0 Å². The number of benzene rings is 1. The second-order valence-corrected chi connectivity index (χ2v) is 6.17. The fourth-order valence-electron chi connectivity index (χ4n) is 2.54. The van der Waals surface area contributed by atoms with Gasteiger partial charge < -0.3 is 20.1 Å². The van der Waals surface area contributed by atoms with Crippen LogP contribution in [0.25, 0.3) is 0 Å².